The van der Waals surface area contributed by atoms with E-state index in [1.807, 2.05) is 50.5 Å². The van der Waals surface area contributed by atoms with Crippen molar-refractivity contribution in [1.29, 1.82) is 0 Å². The largest absolute Gasteiger partial charge is 0.342 e. The summed E-state index contributed by atoms with van der Waals surface area (Å²) < 4.78 is 1.90. The summed E-state index contributed by atoms with van der Waals surface area (Å²) in [4.78, 5) is 25.0. The van der Waals surface area contributed by atoms with Crippen molar-refractivity contribution in [3.05, 3.63) is 70.0 Å². The highest BCUT2D eigenvalue weighted by molar-refractivity contribution is 7.99. The molecule has 0 unspecified atom stereocenters. The summed E-state index contributed by atoms with van der Waals surface area (Å²) in [7, 11) is 0. The zero-order valence-corrected chi connectivity index (χ0v) is 20.0. The number of thioether (sulfide) groups is 1. The number of hydrogen-bond donors (Lipinski definition) is 2. The van der Waals surface area contributed by atoms with Gasteiger partial charge >= 0.3 is 0 Å². The quantitative estimate of drug-likeness (QED) is 0.461. The van der Waals surface area contributed by atoms with Crippen LogP contribution in [0.2, 0.25) is 5.02 Å². The van der Waals surface area contributed by atoms with Gasteiger partial charge in [0.1, 0.15) is 0 Å². The second-order valence-electron chi connectivity index (χ2n) is 7.42. The fourth-order valence-electron chi connectivity index (χ4n) is 3.28. The SMILES string of the molecule is CCn1c(SCC(=O)Nc2ccc(C)cc2C)nnc1[C@@H](C)NC(=O)c1ccccc1Cl. The predicted molar refractivity (Wildman–Crippen MR) is 128 cm³/mol. The Morgan fingerprint density at radius 3 is 2.59 bits per heavy atom. The molecular formula is C23H26ClN5O2S. The zero-order valence-electron chi connectivity index (χ0n) is 18.5. The van der Waals surface area contributed by atoms with Gasteiger partial charge in [0, 0.05) is 12.2 Å². The summed E-state index contributed by atoms with van der Waals surface area (Å²) in [6, 6.07) is 12.4. The first-order valence-corrected chi connectivity index (χ1v) is 11.6. The lowest BCUT2D eigenvalue weighted by atomic mass is 10.1. The molecule has 0 saturated carbocycles. The maximum absolute atomic E-state index is 12.6. The molecule has 168 valence electrons. The summed E-state index contributed by atoms with van der Waals surface area (Å²) in [6.45, 7) is 8.40. The summed E-state index contributed by atoms with van der Waals surface area (Å²) in [6.07, 6.45) is 0. The van der Waals surface area contributed by atoms with Gasteiger partial charge in [-0.05, 0) is 51.5 Å². The minimum absolute atomic E-state index is 0.116. The minimum Gasteiger partial charge on any atom is -0.342 e. The van der Waals surface area contributed by atoms with Crippen LogP contribution < -0.4 is 10.6 Å². The number of rotatable bonds is 8. The number of carbonyl (C=O) groups is 2. The smallest absolute Gasteiger partial charge is 0.253 e. The van der Waals surface area contributed by atoms with E-state index in [0.717, 1.165) is 16.8 Å². The molecule has 3 aromatic rings. The monoisotopic (exact) mass is 471 g/mol. The molecule has 0 radical (unpaired) electrons. The molecule has 32 heavy (non-hydrogen) atoms. The van der Waals surface area contributed by atoms with Gasteiger partial charge in [-0.1, -0.05) is 53.2 Å². The van der Waals surface area contributed by atoms with Crippen molar-refractivity contribution in [2.75, 3.05) is 11.1 Å². The van der Waals surface area contributed by atoms with Gasteiger partial charge in [0.25, 0.3) is 5.91 Å². The molecule has 9 heteroatoms. The van der Waals surface area contributed by atoms with E-state index in [1.165, 1.54) is 11.8 Å². The molecule has 3 rings (SSSR count). The van der Waals surface area contributed by atoms with Crippen LogP contribution in [0.15, 0.2) is 47.6 Å². The topological polar surface area (TPSA) is 88.9 Å². The van der Waals surface area contributed by atoms with Crippen molar-refractivity contribution in [3.8, 4) is 0 Å². The van der Waals surface area contributed by atoms with Crippen molar-refractivity contribution in [1.82, 2.24) is 20.1 Å². The lowest BCUT2D eigenvalue weighted by molar-refractivity contribution is -0.113. The van der Waals surface area contributed by atoms with Crippen LogP contribution in [0.5, 0.6) is 0 Å². The number of hydrogen-bond acceptors (Lipinski definition) is 5. The Hall–Kier alpha value is -2.84. The van der Waals surface area contributed by atoms with Gasteiger partial charge in [-0.3, -0.25) is 9.59 Å². The van der Waals surface area contributed by atoms with Crippen LogP contribution in [-0.4, -0.2) is 32.3 Å². The Morgan fingerprint density at radius 1 is 1.16 bits per heavy atom. The second-order valence-corrected chi connectivity index (χ2v) is 8.76. The Morgan fingerprint density at radius 2 is 1.91 bits per heavy atom. The first kappa shape index (κ1) is 23.8. The molecule has 0 aliphatic rings. The molecule has 0 spiro atoms. The first-order chi connectivity index (χ1) is 15.3. The molecule has 1 aromatic heterocycles. The second kappa shape index (κ2) is 10.7. The van der Waals surface area contributed by atoms with Crippen molar-refractivity contribution in [3.63, 3.8) is 0 Å². The van der Waals surface area contributed by atoms with Crippen LogP contribution in [0.25, 0.3) is 0 Å². The van der Waals surface area contributed by atoms with Crippen LogP contribution in [0.1, 0.15) is 47.2 Å². The van der Waals surface area contributed by atoms with E-state index in [0.29, 0.717) is 28.1 Å². The lowest BCUT2D eigenvalue weighted by Crippen LogP contribution is -2.29. The standard InChI is InChI=1S/C23H26ClN5O2S/c1-5-29-21(16(4)25-22(31)17-8-6-7-9-18(17)24)27-28-23(29)32-13-20(30)26-19-11-10-14(2)12-15(19)3/h6-12,16H,5,13H2,1-4H3,(H,25,31)(H,26,30)/t16-/m1/s1. The Kier molecular flexibility index (Phi) is 7.93. The van der Waals surface area contributed by atoms with E-state index in [4.69, 9.17) is 11.6 Å². The van der Waals surface area contributed by atoms with Crippen LogP contribution in [0.4, 0.5) is 5.69 Å². The van der Waals surface area contributed by atoms with E-state index in [-0.39, 0.29) is 23.6 Å². The van der Waals surface area contributed by atoms with E-state index in [1.54, 1.807) is 24.3 Å². The van der Waals surface area contributed by atoms with E-state index < -0.39 is 0 Å². The molecule has 2 aromatic carbocycles. The highest BCUT2D eigenvalue weighted by Crippen LogP contribution is 2.23. The number of aryl methyl sites for hydroxylation is 2. The molecule has 2 N–H and O–H groups in total. The molecule has 0 aliphatic carbocycles. The molecule has 2 amide bonds. The van der Waals surface area contributed by atoms with Crippen LogP contribution in [0.3, 0.4) is 0 Å². The third-order valence-corrected chi connectivity index (χ3v) is 6.20. The number of carbonyl (C=O) groups excluding carboxylic acids is 2. The van der Waals surface area contributed by atoms with Crippen LogP contribution in [0, 0.1) is 13.8 Å². The Balaban J connectivity index is 1.64. The van der Waals surface area contributed by atoms with Gasteiger partial charge in [0.05, 0.1) is 22.4 Å². The molecule has 7 nitrogen and oxygen atoms in total. The number of benzene rings is 2. The van der Waals surface area contributed by atoms with Gasteiger partial charge in [0.2, 0.25) is 5.91 Å². The van der Waals surface area contributed by atoms with Gasteiger partial charge < -0.3 is 15.2 Å². The van der Waals surface area contributed by atoms with Crippen LogP contribution >= 0.6 is 23.4 Å². The molecule has 1 heterocycles. The minimum atomic E-state index is -0.385. The highest BCUT2D eigenvalue weighted by atomic mass is 35.5. The summed E-state index contributed by atoms with van der Waals surface area (Å²) in [5.41, 5.74) is 3.37. The first-order valence-electron chi connectivity index (χ1n) is 10.3. The molecule has 1 atom stereocenters. The maximum Gasteiger partial charge on any atom is 0.253 e. The van der Waals surface area contributed by atoms with Gasteiger partial charge in [-0.15, -0.1) is 10.2 Å². The van der Waals surface area contributed by atoms with Gasteiger partial charge in [0.15, 0.2) is 11.0 Å². The van der Waals surface area contributed by atoms with Crippen molar-refractivity contribution >= 4 is 40.9 Å². The predicted octanol–water partition coefficient (Wildman–Crippen LogP) is 4.79. The number of aromatic nitrogens is 3. The summed E-state index contributed by atoms with van der Waals surface area (Å²) >= 11 is 7.43. The van der Waals surface area contributed by atoms with E-state index in [9.17, 15) is 9.59 Å². The summed E-state index contributed by atoms with van der Waals surface area (Å²) in [5, 5.41) is 15.4. The van der Waals surface area contributed by atoms with Crippen molar-refractivity contribution < 1.29 is 9.59 Å². The number of nitrogens with one attached hydrogen (secondary N) is 2. The number of nitrogens with zero attached hydrogens (tertiary/aromatic N) is 3. The normalized spacial score (nSPS) is 11.8. The third-order valence-electron chi connectivity index (χ3n) is 4.90. The average molecular weight is 472 g/mol. The average Bonchev–Trinajstić information content (AvgIpc) is 3.17. The highest BCUT2D eigenvalue weighted by Gasteiger charge is 2.21. The third kappa shape index (κ3) is 5.69. The van der Waals surface area contributed by atoms with E-state index >= 15 is 0 Å². The van der Waals surface area contributed by atoms with Gasteiger partial charge in [-0.2, -0.15) is 0 Å². The fraction of sp³-hybridized carbons (Fsp3) is 0.304. The fourth-order valence-corrected chi connectivity index (χ4v) is 4.31. The number of halogens is 1. The molecule has 0 fully saturated rings. The zero-order chi connectivity index (χ0) is 23.3. The maximum atomic E-state index is 12.6. The Labute approximate surface area is 197 Å². The lowest BCUT2D eigenvalue weighted by Gasteiger charge is -2.15. The van der Waals surface area contributed by atoms with Crippen molar-refractivity contribution in [2.24, 2.45) is 0 Å². The van der Waals surface area contributed by atoms with Crippen LogP contribution in [-0.2, 0) is 11.3 Å². The van der Waals surface area contributed by atoms with Crippen molar-refractivity contribution in [2.45, 2.75) is 45.4 Å². The number of amides is 2. The van der Waals surface area contributed by atoms with Gasteiger partial charge in [-0.25, -0.2) is 0 Å². The van der Waals surface area contributed by atoms with E-state index in [2.05, 4.69) is 20.8 Å². The number of anilines is 1. The molecule has 0 bridgehead atoms. The summed E-state index contributed by atoms with van der Waals surface area (Å²) in [5.74, 6) is 0.418. The molecule has 0 aliphatic heterocycles. The molecule has 0 saturated heterocycles. The molecular weight excluding hydrogens is 446 g/mol. The Bertz CT molecular complexity index is 1130.